The van der Waals surface area contributed by atoms with Crippen molar-refractivity contribution in [2.75, 3.05) is 24.5 Å². The van der Waals surface area contributed by atoms with E-state index >= 15 is 0 Å². The maximum atomic E-state index is 4.75. The first-order chi connectivity index (χ1) is 10.8. The molecule has 5 heteroatoms. The third kappa shape index (κ3) is 3.42. The number of nitrogens with one attached hydrogen (secondary N) is 1. The van der Waals surface area contributed by atoms with E-state index in [-0.39, 0.29) is 0 Å². The lowest BCUT2D eigenvalue weighted by atomic mass is 10.1. The summed E-state index contributed by atoms with van der Waals surface area (Å²) < 4.78 is 0. The lowest BCUT2D eigenvalue weighted by Crippen LogP contribution is -2.51. The molecule has 0 saturated carbocycles. The fraction of sp³-hybridized carbons (Fsp3) is 0.471. The summed E-state index contributed by atoms with van der Waals surface area (Å²) in [6, 6.07) is 8.45. The number of nitrogens with zero attached hydrogens (tertiary/aromatic N) is 4. The van der Waals surface area contributed by atoms with Crippen LogP contribution in [-0.2, 0) is 0 Å². The van der Waals surface area contributed by atoms with Gasteiger partial charge in [0.2, 0.25) is 0 Å². The highest BCUT2D eigenvalue weighted by molar-refractivity contribution is 5.53. The average molecular weight is 297 g/mol. The Balaban J connectivity index is 1.86. The normalized spacial score (nSPS) is 18.5. The fourth-order valence-electron chi connectivity index (χ4n) is 2.90. The van der Waals surface area contributed by atoms with Crippen LogP contribution in [0.2, 0.25) is 0 Å². The molecule has 0 amide bonds. The van der Waals surface area contributed by atoms with Crippen molar-refractivity contribution < 1.29 is 0 Å². The van der Waals surface area contributed by atoms with Crippen LogP contribution in [0, 0.1) is 6.92 Å². The van der Waals surface area contributed by atoms with Crippen molar-refractivity contribution in [3.63, 3.8) is 0 Å². The minimum Gasteiger partial charge on any atom is -0.354 e. The summed E-state index contributed by atoms with van der Waals surface area (Å²) in [6.45, 7) is 7.24. The number of rotatable bonds is 4. The second-order valence-electron chi connectivity index (χ2n) is 5.79. The van der Waals surface area contributed by atoms with Crippen molar-refractivity contribution in [1.82, 2.24) is 20.3 Å². The van der Waals surface area contributed by atoms with Crippen LogP contribution in [0.15, 0.2) is 30.5 Å². The number of hydrogen-bond acceptors (Lipinski definition) is 5. The maximum Gasteiger partial charge on any atom is 0.180 e. The lowest BCUT2D eigenvalue weighted by Gasteiger charge is -2.34. The summed E-state index contributed by atoms with van der Waals surface area (Å²) in [6.07, 6.45) is 4.18. The average Bonchev–Trinajstić information content (AvgIpc) is 2.56. The topological polar surface area (TPSA) is 53.9 Å². The standard InChI is InChI=1S/C17H23N5/c1-3-6-14-12-22(10-9-18-14)16-11-13(2)20-17(21-16)15-7-4-5-8-19-15/h4-5,7-8,11,14,18H,3,6,9-10,12H2,1-2H3. The third-order valence-corrected chi connectivity index (χ3v) is 3.95. The molecule has 3 rings (SSSR count). The van der Waals surface area contributed by atoms with Crippen molar-refractivity contribution in [2.45, 2.75) is 32.7 Å². The smallest absolute Gasteiger partial charge is 0.180 e. The van der Waals surface area contributed by atoms with E-state index in [1.165, 1.54) is 12.8 Å². The van der Waals surface area contributed by atoms with Crippen molar-refractivity contribution in [1.29, 1.82) is 0 Å². The van der Waals surface area contributed by atoms with Gasteiger partial charge in [-0.2, -0.15) is 0 Å². The molecule has 1 saturated heterocycles. The summed E-state index contributed by atoms with van der Waals surface area (Å²) >= 11 is 0. The summed E-state index contributed by atoms with van der Waals surface area (Å²) in [5.74, 6) is 1.72. The highest BCUT2D eigenvalue weighted by Gasteiger charge is 2.20. The number of hydrogen-bond donors (Lipinski definition) is 1. The molecule has 3 heterocycles. The van der Waals surface area contributed by atoms with Gasteiger partial charge in [0, 0.05) is 43.6 Å². The van der Waals surface area contributed by atoms with E-state index in [1.807, 2.05) is 25.1 Å². The molecule has 1 aliphatic heterocycles. The van der Waals surface area contributed by atoms with Gasteiger partial charge in [0.25, 0.3) is 0 Å². The zero-order valence-electron chi connectivity index (χ0n) is 13.3. The first-order valence-corrected chi connectivity index (χ1v) is 8.01. The lowest BCUT2D eigenvalue weighted by molar-refractivity contribution is 0.429. The van der Waals surface area contributed by atoms with Crippen molar-refractivity contribution in [3.8, 4) is 11.5 Å². The van der Waals surface area contributed by atoms with Gasteiger partial charge in [-0.25, -0.2) is 9.97 Å². The van der Waals surface area contributed by atoms with Gasteiger partial charge in [0.15, 0.2) is 5.82 Å². The van der Waals surface area contributed by atoms with Crippen LogP contribution in [0.4, 0.5) is 5.82 Å². The molecule has 1 atom stereocenters. The molecule has 5 nitrogen and oxygen atoms in total. The Kier molecular flexibility index (Phi) is 4.63. The molecule has 1 N–H and O–H groups in total. The molecule has 1 fully saturated rings. The van der Waals surface area contributed by atoms with Gasteiger partial charge in [0.1, 0.15) is 11.5 Å². The quantitative estimate of drug-likeness (QED) is 0.939. The Hall–Kier alpha value is -2.01. The van der Waals surface area contributed by atoms with Gasteiger partial charge in [-0.15, -0.1) is 0 Å². The maximum absolute atomic E-state index is 4.75. The summed E-state index contributed by atoms with van der Waals surface area (Å²) in [5.41, 5.74) is 1.81. The zero-order chi connectivity index (χ0) is 15.4. The Morgan fingerprint density at radius 3 is 3.00 bits per heavy atom. The van der Waals surface area contributed by atoms with Crippen LogP contribution in [0.1, 0.15) is 25.5 Å². The van der Waals surface area contributed by atoms with Crippen molar-refractivity contribution in [2.24, 2.45) is 0 Å². The van der Waals surface area contributed by atoms with E-state index in [0.29, 0.717) is 11.9 Å². The number of anilines is 1. The third-order valence-electron chi connectivity index (χ3n) is 3.95. The first kappa shape index (κ1) is 14.9. The second-order valence-corrected chi connectivity index (χ2v) is 5.79. The minimum atomic E-state index is 0.548. The van der Waals surface area contributed by atoms with Gasteiger partial charge in [-0.3, -0.25) is 4.98 Å². The summed E-state index contributed by atoms with van der Waals surface area (Å²) in [7, 11) is 0. The molecule has 116 valence electrons. The predicted octanol–water partition coefficient (Wildman–Crippen LogP) is 2.43. The zero-order valence-corrected chi connectivity index (χ0v) is 13.3. The Morgan fingerprint density at radius 2 is 2.23 bits per heavy atom. The van der Waals surface area contributed by atoms with Crippen LogP contribution in [0.5, 0.6) is 0 Å². The van der Waals surface area contributed by atoms with Gasteiger partial charge < -0.3 is 10.2 Å². The minimum absolute atomic E-state index is 0.548. The molecule has 1 unspecified atom stereocenters. The number of aryl methyl sites for hydroxylation is 1. The van der Waals surface area contributed by atoms with Gasteiger partial charge in [-0.1, -0.05) is 19.4 Å². The number of aromatic nitrogens is 3. The van der Waals surface area contributed by atoms with Crippen LogP contribution in [0.3, 0.4) is 0 Å². The number of pyridine rings is 1. The van der Waals surface area contributed by atoms with E-state index < -0.39 is 0 Å². The molecule has 0 aromatic carbocycles. The van der Waals surface area contributed by atoms with Crippen LogP contribution in [0.25, 0.3) is 11.5 Å². The van der Waals surface area contributed by atoms with Gasteiger partial charge in [0.05, 0.1) is 0 Å². The Morgan fingerprint density at radius 1 is 1.32 bits per heavy atom. The highest BCUT2D eigenvalue weighted by atomic mass is 15.2. The van der Waals surface area contributed by atoms with Crippen LogP contribution in [-0.4, -0.2) is 40.6 Å². The first-order valence-electron chi connectivity index (χ1n) is 8.01. The van der Waals surface area contributed by atoms with Crippen molar-refractivity contribution in [3.05, 3.63) is 36.2 Å². The molecule has 1 aliphatic rings. The summed E-state index contributed by atoms with van der Waals surface area (Å²) in [4.78, 5) is 16.0. The van der Waals surface area contributed by atoms with E-state index in [9.17, 15) is 0 Å². The van der Waals surface area contributed by atoms with E-state index in [1.54, 1.807) is 6.20 Å². The second kappa shape index (κ2) is 6.83. The van der Waals surface area contributed by atoms with Crippen LogP contribution < -0.4 is 10.2 Å². The Bertz CT molecular complexity index is 612. The SMILES string of the molecule is CCCC1CN(c2cc(C)nc(-c3ccccn3)n2)CCN1. The van der Waals surface area contributed by atoms with E-state index in [4.69, 9.17) is 4.98 Å². The Labute approximate surface area is 131 Å². The molecule has 0 spiro atoms. The molecule has 2 aromatic heterocycles. The van der Waals surface area contributed by atoms with E-state index in [2.05, 4.69) is 33.2 Å². The highest BCUT2D eigenvalue weighted by Crippen LogP contribution is 2.20. The monoisotopic (exact) mass is 297 g/mol. The molecule has 2 aromatic rings. The van der Waals surface area contributed by atoms with Crippen LogP contribution >= 0.6 is 0 Å². The molecule has 0 aliphatic carbocycles. The predicted molar refractivity (Wildman–Crippen MR) is 88.9 cm³/mol. The number of piperazine rings is 1. The molecule has 0 bridgehead atoms. The van der Waals surface area contributed by atoms with Crippen molar-refractivity contribution >= 4 is 5.82 Å². The van der Waals surface area contributed by atoms with E-state index in [0.717, 1.165) is 36.8 Å². The molecular formula is C17H23N5. The molecule has 22 heavy (non-hydrogen) atoms. The molecular weight excluding hydrogens is 274 g/mol. The van der Waals surface area contributed by atoms with Gasteiger partial charge >= 0.3 is 0 Å². The van der Waals surface area contributed by atoms with Gasteiger partial charge in [-0.05, 0) is 25.5 Å². The largest absolute Gasteiger partial charge is 0.354 e. The molecule has 0 radical (unpaired) electrons. The fourth-order valence-corrected chi connectivity index (χ4v) is 2.90. The summed E-state index contributed by atoms with van der Waals surface area (Å²) in [5, 5.41) is 3.58.